The average Bonchev–Trinajstić information content (AvgIpc) is 2.34. The van der Waals surface area contributed by atoms with Crippen LogP contribution in [0.3, 0.4) is 0 Å². The van der Waals surface area contributed by atoms with Crippen LogP contribution >= 0.6 is 15.9 Å². The van der Waals surface area contributed by atoms with Crippen molar-refractivity contribution in [2.45, 2.75) is 38.8 Å². The molecule has 0 unspecified atom stereocenters. The van der Waals surface area contributed by atoms with E-state index in [0.29, 0.717) is 6.42 Å². The topological polar surface area (TPSA) is 52.3 Å². The fourth-order valence-corrected chi connectivity index (χ4v) is 1.81. The molecule has 0 saturated heterocycles. The summed E-state index contributed by atoms with van der Waals surface area (Å²) in [5, 5.41) is 0. The average molecular weight is 300 g/mol. The molecular weight excluding hydrogens is 282 g/mol. The Balaban J connectivity index is 2.40. The SMILES string of the molecule is CCCC[C@H](N)C(=O)OCc1ccccc1Br. The monoisotopic (exact) mass is 299 g/mol. The fourth-order valence-electron chi connectivity index (χ4n) is 1.41. The van der Waals surface area contributed by atoms with E-state index in [1.807, 2.05) is 24.3 Å². The van der Waals surface area contributed by atoms with E-state index in [9.17, 15) is 4.79 Å². The van der Waals surface area contributed by atoms with Gasteiger partial charge in [0.05, 0.1) is 0 Å². The minimum absolute atomic E-state index is 0.264. The van der Waals surface area contributed by atoms with Gasteiger partial charge in [-0.1, -0.05) is 53.9 Å². The zero-order valence-corrected chi connectivity index (χ0v) is 11.6. The molecule has 2 N–H and O–H groups in total. The van der Waals surface area contributed by atoms with Crippen molar-refractivity contribution in [2.75, 3.05) is 0 Å². The zero-order chi connectivity index (χ0) is 12.7. The van der Waals surface area contributed by atoms with Gasteiger partial charge in [0.25, 0.3) is 0 Å². The number of rotatable bonds is 6. The van der Waals surface area contributed by atoms with Gasteiger partial charge in [-0.05, 0) is 12.5 Å². The van der Waals surface area contributed by atoms with E-state index in [4.69, 9.17) is 10.5 Å². The molecule has 0 saturated carbocycles. The summed E-state index contributed by atoms with van der Waals surface area (Å²) < 4.78 is 6.11. The van der Waals surface area contributed by atoms with Crippen molar-refractivity contribution in [1.82, 2.24) is 0 Å². The Morgan fingerprint density at radius 2 is 2.18 bits per heavy atom. The lowest BCUT2D eigenvalue weighted by atomic mass is 10.1. The van der Waals surface area contributed by atoms with Crippen LogP contribution in [0, 0.1) is 0 Å². The van der Waals surface area contributed by atoms with Gasteiger partial charge < -0.3 is 10.5 Å². The highest BCUT2D eigenvalue weighted by Gasteiger charge is 2.14. The lowest BCUT2D eigenvalue weighted by molar-refractivity contribution is -0.146. The van der Waals surface area contributed by atoms with Crippen LogP contribution in [0.5, 0.6) is 0 Å². The van der Waals surface area contributed by atoms with Crippen molar-refractivity contribution < 1.29 is 9.53 Å². The molecule has 0 aliphatic heterocycles. The van der Waals surface area contributed by atoms with Crippen molar-refractivity contribution in [2.24, 2.45) is 5.73 Å². The lowest BCUT2D eigenvalue weighted by Crippen LogP contribution is -2.32. The Morgan fingerprint density at radius 1 is 1.47 bits per heavy atom. The van der Waals surface area contributed by atoms with Crippen LogP contribution in [0.1, 0.15) is 31.7 Å². The van der Waals surface area contributed by atoms with Gasteiger partial charge in [-0.3, -0.25) is 4.79 Å². The fraction of sp³-hybridized carbons (Fsp3) is 0.462. The van der Waals surface area contributed by atoms with Crippen LogP contribution in [-0.2, 0) is 16.1 Å². The summed E-state index contributed by atoms with van der Waals surface area (Å²) in [4.78, 5) is 11.6. The molecule has 1 aromatic carbocycles. The molecule has 1 aromatic rings. The Hall–Kier alpha value is -0.870. The zero-order valence-electron chi connectivity index (χ0n) is 9.99. The van der Waals surface area contributed by atoms with Gasteiger partial charge in [-0.2, -0.15) is 0 Å². The molecule has 0 radical (unpaired) electrons. The van der Waals surface area contributed by atoms with Gasteiger partial charge in [0.1, 0.15) is 12.6 Å². The normalized spacial score (nSPS) is 12.2. The van der Waals surface area contributed by atoms with Crippen LogP contribution in [0.2, 0.25) is 0 Å². The Labute approximate surface area is 110 Å². The number of esters is 1. The highest BCUT2D eigenvalue weighted by molar-refractivity contribution is 9.10. The van der Waals surface area contributed by atoms with Crippen LogP contribution in [-0.4, -0.2) is 12.0 Å². The van der Waals surface area contributed by atoms with Crippen LogP contribution in [0.4, 0.5) is 0 Å². The molecule has 0 aliphatic rings. The van der Waals surface area contributed by atoms with E-state index in [2.05, 4.69) is 22.9 Å². The largest absolute Gasteiger partial charge is 0.460 e. The summed E-state index contributed by atoms with van der Waals surface area (Å²) in [6.45, 7) is 2.33. The van der Waals surface area contributed by atoms with Gasteiger partial charge in [0, 0.05) is 10.0 Å². The van der Waals surface area contributed by atoms with Crippen molar-refractivity contribution in [1.29, 1.82) is 0 Å². The van der Waals surface area contributed by atoms with Crippen LogP contribution < -0.4 is 5.73 Å². The van der Waals surface area contributed by atoms with Gasteiger partial charge in [0.15, 0.2) is 0 Å². The van der Waals surface area contributed by atoms with Gasteiger partial charge >= 0.3 is 5.97 Å². The maximum absolute atomic E-state index is 11.6. The molecule has 94 valence electrons. The van der Waals surface area contributed by atoms with Crippen molar-refractivity contribution in [3.05, 3.63) is 34.3 Å². The summed E-state index contributed by atoms with van der Waals surface area (Å²) in [7, 11) is 0. The minimum Gasteiger partial charge on any atom is -0.460 e. The standard InChI is InChI=1S/C13H18BrNO2/c1-2-3-8-12(15)13(16)17-9-10-6-4-5-7-11(10)14/h4-7,12H,2-3,8-9,15H2,1H3/t12-/m0/s1. The molecule has 0 aromatic heterocycles. The predicted octanol–water partition coefficient (Wildman–Crippen LogP) is 3.01. The third-order valence-corrected chi connectivity index (χ3v) is 3.27. The molecule has 0 aliphatic carbocycles. The maximum atomic E-state index is 11.6. The second kappa shape index (κ2) is 7.45. The first-order valence-electron chi connectivity index (χ1n) is 5.80. The number of halogens is 1. The first kappa shape index (κ1) is 14.2. The maximum Gasteiger partial charge on any atom is 0.323 e. The van der Waals surface area contributed by atoms with Gasteiger partial charge in [-0.15, -0.1) is 0 Å². The van der Waals surface area contributed by atoms with E-state index in [1.54, 1.807) is 0 Å². The Morgan fingerprint density at radius 3 is 2.82 bits per heavy atom. The van der Waals surface area contributed by atoms with Crippen LogP contribution in [0.25, 0.3) is 0 Å². The molecular formula is C13H18BrNO2. The summed E-state index contributed by atoms with van der Waals surface area (Å²) in [6.07, 6.45) is 2.67. The Kier molecular flexibility index (Phi) is 6.22. The third kappa shape index (κ3) is 4.88. The van der Waals surface area contributed by atoms with Crippen molar-refractivity contribution in [3.63, 3.8) is 0 Å². The summed E-state index contributed by atoms with van der Waals surface area (Å²) in [6, 6.07) is 7.15. The molecule has 3 nitrogen and oxygen atoms in total. The summed E-state index contributed by atoms with van der Waals surface area (Å²) in [5.74, 6) is -0.325. The Bertz CT molecular complexity index is 368. The number of benzene rings is 1. The molecule has 0 bridgehead atoms. The number of hydrogen-bond acceptors (Lipinski definition) is 3. The first-order valence-corrected chi connectivity index (χ1v) is 6.60. The number of carbonyl (C=O) groups excluding carboxylic acids is 1. The quantitative estimate of drug-likeness (QED) is 0.822. The summed E-state index contributed by atoms with van der Waals surface area (Å²) in [5.41, 5.74) is 6.67. The second-order valence-electron chi connectivity index (χ2n) is 3.95. The van der Waals surface area contributed by atoms with E-state index < -0.39 is 6.04 Å². The number of ether oxygens (including phenoxy) is 1. The van der Waals surface area contributed by atoms with E-state index in [0.717, 1.165) is 22.9 Å². The van der Waals surface area contributed by atoms with Crippen molar-refractivity contribution >= 4 is 21.9 Å². The summed E-state index contributed by atoms with van der Waals surface area (Å²) >= 11 is 3.40. The molecule has 0 amide bonds. The smallest absolute Gasteiger partial charge is 0.323 e. The lowest BCUT2D eigenvalue weighted by Gasteiger charge is -2.11. The first-order chi connectivity index (χ1) is 8.15. The molecule has 1 atom stereocenters. The predicted molar refractivity (Wildman–Crippen MR) is 71.4 cm³/mol. The third-order valence-electron chi connectivity index (χ3n) is 2.50. The second-order valence-corrected chi connectivity index (χ2v) is 4.80. The van der Waals surface area contributed by atoms with Crippen LogP contribution in [0.15, 0.2) is 28.7 Å². The van der Waals surface area contributed by atoms with Crippen molar-refractivity contribution in [3.8, 4) is 0 Å². The van der Waals surface area contributed by atoms with E-state index in [1.165, 1.54) is 0 Å². The molecule has 4 heteroatoms. The molecule has 1 rings (SSSR count). The number of carbonyl (C=O) groups is 1. The highest BCUT2D eigenvalue weighted by Crippen LogP contribution is 2.16. The highest BCUT2D eigenvalue weighted by atomic mass is 79.9. The number of nitrogens with two attached hydrogens (primary N) is 1. The minimum atomic E-state index is -0.502. The molecule has 0 fully saturated rings. The molecule has 17 heavy (non-hydrogen) atoms. The van der Waals surface area contributed by atoms with E-state index >= 15 is 0 Å². The number of unbranched alkanes of at least 4 members (excludes halogenated alkanes) is 1. The molecule has 0 heterocycles. The number of hydrogen-bond donors (Lipinski definition) is 1. The van der Waals surface area contributed by atoms with Gasteiger partial charge in [-0.25, -0.2) is 0 Å². The molecule has 0 spiro atoms. The van der Waals surface area contributed by atoms with Gasteiger partial charge in [0.2, 0.25) is 0 Å². The van der Waals surface area contributed by atoms with E-state index in [-0.39, 0.29) is 12.6 Å².